The van der Waals surface area contributed by atoms with Gasteiger partial charge in [-0.2, -0.15) is 5.26 Å². The Balaban J connectivity index is 2.88. The van der Waals surface area contributed by atoms with Crippen LogP contribution >= 0.6 is 15.9 Å². The summed E-state index contributed by atoms with van der Waals surface area (Å²) in [5.74, 6) is 0. The molecule has 0 saturated carbocycles. The molecule has 1 rings (SSSR count). The van der Waals surface area contributed by atoms with Crippen LogP contribution in [0.2, 0.25) is 0 Å². The van der Waals surface area contributed by atoms with Crippen molar-refractivity contribution in [3.8, 4) is 6.07 Å². The number of rotatable bonds is 6. The summed E-state index contributed by atoms with van der Waals surface area (Å²) >= 11 is 3.41. The van der Waals surface area contributed by atoms with E-state index < -0.39 is 0 Å². The maximum absolute atomic E-state index is 9.18. The van der Waals surface area contributed by atoms with Gasteiger partial charge in [0.25, 0.3) is 0 Å². The average Bonchev–Trinajstić information content (AvgIpc) is 2.34. The van der Waals surface area contributed by atoms with Gasteiger partial charge in [-0.3, -0.25) is 0 Å². The lowest BCUT2D eigenvalue weighted by molar-refractivity contribution is 0.154. The number of hydrogen-bond donors (Lipinski definition) is 0. The van der Waals surface area contributed by atoms with E-state index in [0.717, 1.165) is 29.9 Å². The molecule has 3 nitrogen and oxygen atoms in total. The molecule has 0 unspecified atom stereocenters. The Labute approximate surface area is 111 Å². The molecule has 0 aliphatic rings. The first-order chi connectivity index (χ1) is 8.24. The van der Waals surface area contributed by atoms with E-state index in [4.69, 9.17) is 4.74 Å². The lowest BCUT2D eigenvalue weighted by atomic mass is 10.1. The van der Waals surface area contributed by atoms with Gasteiger partial charge in [-0.1, -0.05) is 6.07 Å². The normalized spacial score (nSPS) is 10.0. The summed E-state index contributed by atoms with van der Waals surface area (Å²) in [6.07, 6.45) is 0. The average molecular weight is 297 g/mol. The van der Waals surface area contributed by atoms with Crippen molar-refractivity contribution >= 4 is 21.6 Å². The number of hydrogen-bond acceptors (Lipinski definition) is 3. The minimum Gasteiger partial charge on any atom is -0.380 e. The number of nitriles is 1. The van der Waals surface area contributed by atoms with Crippen molar-refractivity contribution in [3.05, 3.63) is 28.2 Å². The van der Waals surface area contributed by atoms with Crippen molar-refractivity contribution in [1.29, 1.82) is 5.26 Å². The molecule has 0 saturated heterocycles. The van der Waals surface area contributed by atoms with Gasteiger partial charge in [-0.15, -0.1) is 0 Å². The Morgan fingerprint density at radius 2 is 2.18 bits per heavy atom. The van der Waals surface area contributed by atoms with Crippen molar-refractivity contribution in [2.24, 2.45) is 0 Å². The second-order valence-electron chi connectivity index (χ2n) is 3.52. The van der Waals surface area contributed by atoms with E-state index >= 15 is 0 Å². The molecule has 4 heteroatoms. The smallest absolute Gasteiger partial charge is 0.103 e. The standard InChI is InChI=1S/C13H17BrN2O/c1-3-16(8-9-17-4-2)13-7-5-6-12(14)11(13)10-15/h5-7H,3-4,8-9H2,1-2H3. The van der Waals surface area contributed by atoms with Gasteiger partial charge < -0.3 is 9.64 Å². The van der Waals surface area contributed by atoms with Crippen molar-refractivity contribution in [3.63, 3.8) is 0 Å². The molecule has 0 aromatic heterocycles. The Morgan fingerprint density at radius 3 is 2.76 bits per heavy atom. The molecule has 0 aliphatic heterocycles. The second kappa shape index (κ2) is 7.31. The lowest BCUT2D eigenvalue weighted by Gasteiger charge is -2.24. The SMILES string of the molecule is CCOCCN(CC)c1cccc(Br)c1C#N. The lowest BCUT2D eigenvalue weighted by Crippen LogP contribution is -2.27. The topological polar surface area (TPSA) is 36.3 Å². The summed E-state index contributed by atoms with van der Waals surface area (Å²) in [6.45, 7) is 7.13. The third-order valence-corrected chi connectivity index (χ3v) is 3.20. The van der Waals surface area contributed by atoms with Crippen LogP contribution in [0.3, 0.4) is 0 Å². The molecule has 92 valence electrons. The Hall–Kier alpha value is -1.05. The second-order valence-corrected chi connectivity index (χ2v) is 4.38. The first-order valence-electron chi connectivity index (χ1n) is 5.75. The molecule has 0 N–H and O–H groups in total. The predicted molar refractivity (Wildman–Crippen MR) is 73.2 cm³/mol. The van der Waals surface area contributed by atoms with Crippen LogP contribution < -0.4 is 4.90 Å². The number of anilines is 1. The van der Waals surface area contributed by atoms with E-state index in [1.54, 1.807) is 0 Å². The van der Waals surface area contributed by atoms with Crippen LogP contribution in [0.1, 0.15) is 19.4 Å². The number of likely N-dealkylation sites (N-methyl/N-ethyl adjacent to an activating group) is 1. The quantitative estimate of drug-likeness (QED) is 0.757. The molecule has 0 bridgehead atoms. The molecule has 0 aliphatic carbocycles. The number of nitrogens with zero attached hydrogens (tertiary/aromatic N) is 2. The fraction of sp³-hybridized carbons (Fsp3) is 0.462. The van der Waals surface area contributed by atoms with E-state index in [-0.39, 0.29) is 0 Å². The van der Waals surface area contributed by atoms with Crippen LogP contribution in [-0.2, 0) is 4.74 Å². The van der Waals surface area contributed by atoms with E-state index in [1.807, 2.05) is 25.1 Å². The highest BCUT2D eigenvalue weighted by molar-refractivity contribution is 9.10. The van der Waals surface area contributed by atoms with Crippen LogP contribution in [0.25, 0.3) is 0 Å². The minimum atomic E-state index is 0.682. The zero-order chi connectivity index (χ0) is 12.7. The van der Waals surface area contributed by atoms with Crippen molar-refractivity contribution in [2.45, 2.75) is 13.8 Å². The fourth-order valence-electron chi connectivity index (χ4n) is 1.65. The molecule has 0 amide bonds. The molecule has 0 atom stereocenters. The Kier molecular flexibility index (Phi) is 6.03. The first kappa shape index (κ1) is 14.0. The highest BCUT2D eigenvalue weighted by atomic mass is 79.9. The summed E-state index contributed by atoms with van der Waals surface area (Å²) in [5.41, 5.74) is 1.65. The molecule has 17 heavy (non-hydrogen) atoms. The Morgan fingerprint density at radius 1 is 1.41 bits per heavy atom. The van der Waals surface area contributed by atoms with E-state index in [2.05, 4.69) is 33.8 Å². The van der Waals surface area contributed by atoms with Crippen LogP contribution in [-0.4, -0.2) is 26.3 Å². The van der Waals surface area contributed by atoms with Gasteiger partial charge in [0.05, 0.1) is 17.9 Å². The van der Waals surface area contributed by atoms with Crippen molar-refractivity contribution < 1.29 is 4.74 Å². The van der Waals surface area contributed by atoms with Gasteiger partial charge in [-0.25, -0.2) is 0 Å². The summed E-state index contributed by atoms with van der Waals surface area (Å²) in [4.78, 5) is 2.15. The molecule has 0 spiro atoms. The van der Waals surface area contributed by atoms with Gasteiger partial charge in [0.1, 0.15) is 6.07 Å². The van der Waals surface area contributed by atoms with Crippen LogP contribution in [0, 0.1) is 11.3 Å². The van der Waals surface area contributed by atoms with E-state index in [1.165, 1.54) is 0 Å². The van der Waals surface area contributed by atoms with Gasteiger partial charge in [0, 0.05) is 24.2 Å². The molecule has 0 heterocycles. The van der Waals surface area contributed by atoms with Crippen molar-refractivity contribution in [1.82, 2.24) is 0 Å². The molecule has 0 fully saturated rings. The largest absolute Gasteiger partial charge is 0.380 e. The first-order valence-corrected chi connectivity index (χ1v) is 6.55. The summed E-state index contributed by atoms with van der Waals surface area (Å²) < 4.78 is 6.19. The molecular weight excluding hydrogens is 280 g/mol. The van der Waals surface area contributed by atoms with Crippen molar-refractivity contribution in [2.75, 3.05) is 31.2 Å². The Bertz CT molecular complexity index is 401. The number of halogens is 1. The maximum Gasteiger partial charge on any atom is 0.103 e. The zero-order valence-corrected chi connectivity index (χ0v) is 11.8. The highest BCUT2D eigenvalue weighted by Gasteiger charge is 2.11. The van der Waals surface area contributed by atoms with Gasteiger partial charge in [0.2, 0.25) is 0 Å². The molecular formula is C13H17BrN2O. The van der Waals surface area contributed by atoms with Crippen LogP contribution in [0.5, 0.6) is 0 Å². The monoisotopic (exact) mass is 296 g/mol. The maximum atomic E-state index is 9.18. The number of benzene rings is 1. The van der Waals surface area contributed by atoms with Crippen LogP contribution in [0.4, 0.5) is 5.69 Å². The van der Waals surface area contributed by atoms with Gasteiger partial charge in [-0.05, 0) is 41.9 Å². The third kappa shape index (κ3) is 3.72. The van der Waals surface area contributed by atoms with Gasteiger partial charge >= 0.3 is 0 Å². The minimum absolute atomic E-state index is 0.682. The number of ether oxygens (including phenoxy) is 1. The van der Waals surface area contributed by atoms with Crippen LogP contribution in [0.15, 0.2) is 22.7 Å². The summed E-state index contributed by atoms with van der Waals surface area (Å²) in [6, 6.07) is 8.05. The fourth-order valence-corrected chi connectivity index (χ4v) is 2.10. The van der Waals surface area contributed by atoms with E-state index in [9.17, 15) is 5.26 Å². The summed E-state index contributed by atoms with van der Waals surface area (Å²) in [7, 11) is 0. The van der Waals surface area contributed by atoms with Gasteiger partial charge in [0.15, 0.2) is 0 Å². The molecule has 1 aromatic rings. The highest BCUT2D eigenvalue weighted by Crippen LogP contribution is 2.26. The molecule has 1 aromatic carbocycles. The predicted octanol–water partition coefficient (Wildman–Crippen LogP) is 3.18. The molecule has 0 radical (unpaired) electrons. The summed E-state index contributed by atoms with van der Waals surface area (Å²) in [5, 5.41) is 9.18. The third-order valence-electron chi connectivity index (χ3n) is 2.54. The van der Waals surface area contributed by atoms with E-state index in [0.29, 0.717) is 12.2 Å². The zero-order valence-electron chi connectivity index (χ0n) is 10.2.